The average molecular weight is 290 g/mol. The van der Waals surface area contributed by atoms with Gasteiger partial charge in [0.15, 0.2) is 0 Å². The summed E-state index contributed by atoms with van der Waals surface area (Å²) in [5.74, 6) is 1.13. The van der Waals surface area contributed by atoms with Crippen molar-refractivity contribution in [1.82, 2.24) is 10.2 Å². The van der Waals surface area contributed by atoms with Crippen LogP contribution in [0.2, 0.25) is 0 Å². The molecule has 0 aliphatic carbocycles. The van der Waals surface area contributed by atoms with Crippen LogP contribution in [0.3, 0.4) is 0 Å². The number of hydrogen-bond acceptors (Lipinski definition) is 3. The summed E-state index contributed by atoms with van der Waals surface area (Å²) < 4.78 is 5.35. The van der Waals surface area contributed by atoms with Crippen molar-refractivity contribution in [3.8, 4) is 5.75 Å². The van der Waals surface area contributed by atoms with Gasteiger partial charge in [0.2, 0.25) is 5.91 Å². The number of nitrogens with one attached hydrogen (secondary N) is 1. The molecule has 21 heavy (non-hydrogen) atoms. The number of benzene rings is 1. The highest BCUT2D eigenvalue weighted by atomic mass is 16.5. The summed E-state index contributed by atoms with van der Waals surface area (Å²) in [6.45, 7) is 4.94. The fourth-order valence-corrected chi connectivity index (χ4v) is 2.95. The van der Waals surface area contributed by atoms with E-state index in [9.17, 15) is 4.79 Å². The van der Waals surface area contributed by atoms with Gasteiger partial charge in [0.1, 0.15) is 5.75 Å². The van der Waals surface area contributed by atoms with Crippen molar-refractivity contribution in [3.05, 3.63) is 29.8 Å². The lowest BCUT2D eigenvalue weighted by Gasteiger charge is -2.28. The summed E-state index contributed by atoms with van der Waals surface area (Å²) in [6.07, 6.45) is 3.37. The molecule has 0 radical (unpaired) electrons. The van der Waals surface area contributed by atoms with E-state index in [2.05, 4.69) is 17.1 Å². The predicted molar refractivity (Wildman–Crippen MR) is 84.6 cm³/mol. The molecule has 1 aliphatic rings. The second-order valence-corrected chi connectivity index (χ2v) is 5.55. The molecule has 1 aromatic rings. The maximum absolute atomic E-state index is 12.6. The van der Waals surface area contributed by atoms with E-state index in [1.54, 1.807) is 7.11 Å². The van der Waals surface area contributed by atoms with Crippen molar-refractivity contribution in [2.75, 3.05) is 26.7 Å². The number of aryl methyl sites for hydroxylation is 1. The molecule has 116 valence electrons. The molecule has 0 spiro atoms. The topological polar surface area (TPSA) is 41.6 Å². The third kappa shape index (κ3) is 4.21. The van der Waals surface area contributed by atoms with Crippen molar-refractivity contribution in [1.29, 1.82) is 0 Å². The van der Waals surface area contributed by atoms with Gasteiger partial charge in [0.25, 0.3) is 0 Å². The SMILES string of the molecule is CCCN(C(=O)CCc1ccccc1OC)[C@@H]1CCNC1. The van der Waals surface area contributed by atoms with Crippen LogP contribution in [0.4, 0.5) is 0 Å². The molecule has 4 heteroatoms. The monoisotopic (exact) mass is 290 g/mol. The molecule has 0 bridgehead atoms. The first-order valence-electron chi connectivity index (χ1n) is 7.88. The molecule has 1 N–H and O–H groups in total. The van der Waals surface area contributed by atoms with Crippen LogP contribution in [-0.2, 0) is 11.2 Å². The van der Waals surface area contributed by atoms with Gasteiger partial charge in [-0.05, 0) is 37.4 Å². The van der Waals surface area contributed by atoms with Gasteiger partial charge >= 0.3 is 0 Å². The molecule has 1 fully saturated rings. The first-order chi connectivity index (χ1) is 10.3. The number of carbonyl (C=O) groups is 1. The van der Waals surface area contributed by atoms with Crippen molar-refractivity contribution >= 4 is 5.91 Å². The van der Waals surface area contributed by atoms with Crippen molar-refractivity contribution in [3.63, 3.8) is 0 Å². The van der Waals surface area contributed by atoms with Gasteiger partial charge in [-0.2, -0.15) is 0 Å². The number of nitrogens with zero attached hydrogens (tertiary/aromatic N) is 1. The Labute approximate surface area is 127 Å². The van der Waals surface area contributed by atoms with Crippen LogP contribution in [0, 0.1) is 0 Å². The molecule has 1 aliphatic heterocycles. The maximum atomic E-state index is 12.6. The van der Waals surface area contributed by atoms with Crippen LogP contribution >= 0.6 is 0 Å². The van der Waals surface area contributed by atoms with E-state index in [1.807, 2.05) is 24.3 Å². The van der Waals surface area contributed by atoms with Crippen LogP contribution in [0.15, 0.2) is 24.3 Å². The highest BCUT2D eigenvalue weighted by Crippen LogP contribution is 2.20. The third-order valence-electron chi connectivity index (χ3n) is 4.06. The summed E-state index contributed by atoms with van der Waals surface area (Å²) >= 11 is 0. The summed E-state index contributed by atoms with van der Waals surface area (Å²) in [5, 5.41) is 3.34. The molecule has 1 atom stereocenters. The van der Waals surface area contributed by atoms with Gasteiger partial charge in [-0.15, -0.1) is 0 Å². The van der Waals surface area contributed by atoms with E-state index in [0.717, 1.165) is 50.2 Å². The van der Waals surface area contributed by atoms with Crippen molar-refractivity contribution < 1.29 is 9.53 Å². The Balaban J connectivity index is 1.95. The Morgan fingerprint density at radius 2 is 2.24 bits per heavy atom. The van der Waals surface area contributed by atoms with E-state index in [4.69, 9.17) is 4.74 Å². The Morgan fingerprint density at radius 3 is 2.90 bits per heavy atom. The van der Waals surface area contributed by atoms with E-state index >= 15 is 0 Å². The van der Waals surface area contributed by atoms with E-state index in [1.165, 1.54) is 0 Å². The van der Waals surface area contributed by atoms with Crippen LogP contribution < -0.4 is 10.1 Å². The fraction of sp³-hybridized carbons (Fsp3) is 0.588. The molecule has 2 rings (SSSR count). The van der Waals surface area contributed by atoms with Crippen LogP contribution in [-0.4, -0.2) is 43.6 Å². The highest BCUT2D eigenvalue weighted by molar-refractivity contribution is 5.77. The first-order valence-corrected chi connectivity index (χ1v) is 7.88. The van der Waals surface area contributed by atoms with E-state index in [0.29, 0.717) is 12.5 Å². The first kappa shape index (κ1) is 15.8. The smallest absolute Gasteiger partial charge is 0.223 e. The fourth-order valence-electron chi connectivity index (χ4n) is 2.95. The Kier molecular flexibility index (Phi) is 6.05. The van der Waals surface area contributed by atoms with Gasteiger partial charge in [-0.25, -0.2) is 0 Å². The maximum Gasteiger partial charge on any atom is 0.223 e. The zero-order valence-corrected chi connectivity index (χ0v) is 13.1. The zero-order chi connectivity index (χ0) is 15.1. The summed E-state index contributed by atoms with van der Waals surface area (Å²) in [5.41, 5.74) is 1.11. The van der Waals surface area contributed by atoms with E-state index in [-0.39, 0.29) is 5.91 Å². The molecule has 4 nitrogen and oxygen atoms in total. The number of hydrogen-bond donors (Lipinski definition) is 1. The Morgan fingerprint density at radius 1 is 1.43 bits per heavy atom. The minimum Gasteiger partial charge on any atom is -0.496 e. The largest absolute Gasteiger partial charge is 0.496 e. The molecule has 1 heterocycles. The third-order valence-corrected chi connectivity index (χ3v) is 4.06. The number of para-hydroxylation sites is 1. The lowest BCUT2D eigenvalue weighted by atomic mass is 10.1. The standard InChI is InChI=1S/C17H26N2O2/c1-3-12-19(15-10-11-18-13-15)17(20)9-8-14-6-4-5-7-16(14)21-2/h4-7,15,18H,3,8-13H2,1-2H3/t15-/m1/s1. The lowest BCUT2D eigenvalue weighted by Crippen LogP contribution is -2.42. The number of amides is 1. The van der Waals surface area contributed by atoms with Gasteiger partial charge in [0.05, 0.1) is 7.11 Å². The molecule has 1 saturated heterocycles. The van der Waals surface area contributed by atoms with Crippen LogP contribution in [0.1, 0.15) is 31.7 Å². The van der Waals surface area contributed by atoms with Gasteiger partial charge in [0, 0.05) is 25.6 Å². The molecular formula is C17H26N2O2. The number of carbonyl (C=O) groups excluding carboxylic acids is 1. The van der Waals surface area contributed by atoms with E-state index < -0.39 is 0 Å². The number of rotatable bonds is 7. The molecule has 1 amide bonds. The second-order valence-electron chi connectivity index (χ2n) is 5.55. The lowest BCUT2D eigenvalue weighted by molar-refractivity contribution is -0.133. The number of methoxy groups -OCH3 is 1. The van der Waals surface area contributed by atoms with Crippen LogP contribution in [0.5, 0.6) is 5.75 Å². The van der Waals surface area contributed by atoms with Crippen molar-refractivity contribution in [2.24, 2.45) is 0 Å². The minimum atomic E-state index is 0.261. The van der Waals surface area contributed by atoms with Gasteiger partial charge in [-0.3, -0.25) is 4.79 Å². The quantitative estimate of drug-likeness (QED) is 0.837. The summed E-state index contributed by atoms with van der Waals surface area (Å²) in [6, 6.07) is 8.30. The Bertz CT molecular complexity index is 456. The van der Waals surface area contributed by atoms with Crippen LogP contribution in [0.25, 0.3) is 0 Å². The van der Waals surface area contributed by atoms with Gasteiger partial charge < -0.3 is 15.0 Å². The molecule has 1 aromatic carbocycles. The summed E-state index contributed by atoms with van der Waals surface area (Å²) in [4.78, 5) is 14.6. The zero-order valence-electron chi connectivity index (χ0n) is 13.1. The predicted octanol–water partition coefficient (Wildman–Crippen LogP) is 2.23. The molecule has 0 unspecified atom stereocenters. The average Bonchev–Trinajstić information content (AvgIpc) is 3.04. The minimum absolute atomic E-state index is 0.261. The normalized spacial score (nSPS) is 17.7. The summed E-state index contributed by atoms with van der Waals surface area (Å²) in [7, 11) is 1.67. The Hall–Kier alpha value is -1.55. The van der Waals surface area contributed by atoms with Gasteiger partial charge in [-0.1, -0.05) is 25.1 Å². The molecule has 0 aromatic heterocycles. The highest BCUT2D eigenvalue weighted by Gasteiger charge is 2.25. The number of ether oxygens (including phenoxy) is 1. The second kappa shape index (κ2) is 8.03. The molecular weight excluding hydrogens is 264 g/mol. The molecule has 0 saturated carbocycles. The van der Waals surface area contributed by atoms with Crippen molar-refractivity contribution in [2.45, 2.75) is 38.6 Å².